The van der Waals surface area contributed by atoms with Crippen molar-refractivity contribution >= 4 is 23.0 Å². The summed E-state index contributed by atoms with van der Waals surface area (Å²) in [5.41, 5.74) is 4.73. The minimum Gasteiger partial charge on any atom is -0.491 e. The molecule has 2 N–H and O–H groups in total. The SMILES string of the molecule is Cc1ccc([C@H](C)NC(=S)Nc2cccc(OC(C)C)c2)cc1C. The van der Waals surface area contributed by atoms with Gasteiger partial charge in [0.15, 0.2) is 5.11 Å². The Balaban J connectivity index is 1.98. The lowest BCUT2D eigenvalue weighted by molar-refractivity contribution is 0.242. The van der Waals surface area contributed by atoms with Gasteiger partial charge < -0.3 is 15.4 Å². The molecule has 0 heterocycles. The lowest BCUT2D eigenvalue weighted by Crippen LogP contribution is -2.30. The Bertz CT molecular complexity index is 713. The van der Waals surface area contributed by atoms with Crippen LogP contribution in [-0.2, 0) is 0 Å². The van der Waals surface area contributed by atoms with Crippen LogP contribution in [0.4, 0.5) is 5.69 Å². The number of anilines is 1. The number of benzene rings is 2. The van der Waals surface area contributed by atoms with Gasteiger partial charge in [0.25, 0.3) is 0 Å². The monoisotopic (exact) mass is 342 g/mol. The first-order chi connectivity index (χ1) is 11.3. The molecule has 3 nitrogen and oxygen atoms in total. The molecule has 0 bridgehead atoms. The summed E-state index contributed by atoms with van der Waals surface area (Å²) in [6, 6.07) is 14.4. The summed E-state index contributed by atoms with van der Waals surface area (Å²) in [4.78, 5) is 0. The second-order valence-electron chi connectivity index (χ2n) is 6.36. The Morgan fingerprint density at radius 3 is 2.42 bits per heavy atom. The van der Waals surface area contributed by atoms with Crippen molar-refractivity contribution in [1.82, 2.24) is 5.32 Å². The minimum atomic E-state index is 0.138. The molecule has 0 aromatic heterocycles. The second kappa shape index (κ2) is 8.15. The van der Waals surface area contributed by atoms with Crippen molar-refractivity contribution in [1.29, 1.82) is 0 Å². The Morgan fingerprint density at radius 2 is 1.75 bits per heavy atom. The maximum absolute atomic E-state index is 5.71. The van der Waals surface area contributed by atoms with Crippen molar-refractivity contribution in [2.45, 2.75) is 46.8 Å². The average Bonchev–Trinajstić information content (AvgIpc) is 2.49. The third-order valence-corrected chi connectivity index (χ3v) is 4.06. The predicted molar refractivity (Wildman–Crippen MR) is 106 cm³/mol. The quantitative estimate of drug-likeness (QED) is 0.737. The van der Waals surface area contributed by atoms with Crippen LogP contribution in [0.25, 0.3) is 0 Å². The molecule has 4 heteroatoms. The molecule has 0 unspecified atom stereocenters. The fourth-order valence-corrected chi connectivity index (χ4v) is 2.70. The van der Waals surface area contributed by atoms with E-state index in [2.05, 4.69) is 49.6 Å². The zero-order valence-corrected chi connectivity index (χ0v) is 15.8. The molecule has 0 amide bonds. The molecule has 0 aliphatic carbocycles. The highest BCUT2D eigenvalue weighted by Crippen LogP contribution is 2.20. The number of rotatable bonds is 5. The third-order valence-electron chi connectivity index (χ3n) is 3.84. The van der Waals surface area contributed by atoms with Gasteiger partial charge in [-0.3, -0.25) is 0 Å². The Kier molecular flexibility index (Phi) is 6.21. The molecule has 2 aromatic rings. The van der Waals surface area contributed by atoms with E-state index in [1.165, 1.54) is 16.7 Å². The van der Waals surface area contributed by atoms with E-state index in [1.807, 2.05) is 38.1 Å². The molecule has 0 radical (unpaired) electrons. The maximum atomic E-state index is 5.71. The van der Waals surface area contributed by atoms with Gasteiger partial charge in [-0.2, -0.15) is 0 Å². The summed E-state index contributed by atoms with van der Waals surface area (Å²) < 4.78 is 5.71. The molecule has 0 spiro atoms. The third kappa shape index (κ3) is 5.24. The smallest absolute Gasteiger partial charge is 0.171 e. The molecule has 0 aliphatic heterocycles. The summed E-state index contributed by atoms with van der Waals surface area (Å²) in [5, 5.41) is 7.15. The van der Waals surface area contributed by atoms with E-state index in [0.717, 1.165) is 11.4 Å². The normalized spacial score (nSPS) is 11.9. The fourth-order valence-electron chi connectivity index (χ4n) is 2.40. The molecule has 0 aliphatic rings. The second-order valence-corrected chi connectivity index (χ2v) is 6.77. The molecule has 128 valence electrons. The van der Waals surface area contributed by atoms with Gasteiger partial charge in [0, 0.05) is 11.8 Å². The van der Waals surface area contributed by atoms with Crippen molar-refractivity contribution in [3.8, 4) is 5.75 Å². The van der Waals surface area contributed by atoms with Crippen molar-refractivity contribution in [3.63, 3.8) is 0 Å². The minimum absolute atomic E-state index is 0.138. The van der Waals surface area contributed by atoms with E-state index in [9.17, 15) is 0 Å². The van der Waals surface area contributed by atoms with Crippen LogP contribution in [0.1, 0.15) is 43.5 Å². The van der Waals surface area contributed by atoms with Crippen molar-refractivity contribution in [2.75, 3.05) is 5.32 Å². The average molecular weight is 343 g/mol. The van der Waals surface area contributed by atoms with E-state index < -0.39 is 0 Å². The number of nitrogens with one attached hydrogen (secondary N) is 2. The highest BCUT2D eigenvalue weighted by molar-refractivity contribution is 7.80. The van der Waals surface area contributed by atoms with Gasteiger partial charge in [0.05, 0.1) is 12.1 Å². The number of hydrogen-bond donors (Lipinski definition) is 2. The predicted octanol–water partition coefficient (Wildman–Crippen LogP) is 5.14. The molecule has 24 heavy (non-hydrogen) atoms. The zero-order chi connectivity index (χ0) is 17.7. The molecule has 0 fully saturated rings. The van der Waals surface area contributed by atoms with Crippen LogP contribution in [-0.4, -0.2) is 11.2 Å². The maximum Gasteiger partial charge on any atom is 0.171 e. The van der Waals surface area contributed by atoms with Gasteiger partial charge in [-0.1, -0.05) is 24.3 Å². The van der Waals surface area contributed by atoms with Crippen molar-refractivity contribution in [2.24, 2.45) is 0 Å². The Hall–Kier alpha value is -2.07. The standard InChI is InChI=1S/C20H26N2OS/c1-13(2)23-19-8-6-7-18(12-19)22-20(24)21-16(5)17-10-9-14(3)15(4)11-17/h6-13,16H,1-5H3,(H2,21,22,24)/t16-/m0/s1. The molecular weight excluding hydrogens is 316 g/mol. The summed E-state index contributed by atoms with van der Waals surface area (Å²) in [6.45, 7) is 10.4. The first-order valence-electron chi connectivity index (χ1n) is 8.26. The highest BCUT2D eigenvalue weighted by Gasteiger charge is 2.08. The van der Waals surface area contributed by atoms with Crippen LogP contribution < -0.4 is 15.4 Å². The highest BCUT2D eigenvalue weighted by atomic mass is 32.1. The van der Waals surface area contributed by atoms with Gasteiger partial charge in [-0.25, -0.2) is 0 Å². The number of aryl methyl sites for hydroxylation is 2. The molecule has 0 saturated heterocycles. The molecular formula is C20H26N2OS. The van der Waals surface area contributed by atoms with Crippen LogP contribution in [0.3, 0.4) is 0 Å². The van der Waals surface area contributed by atoms with E-state index in [4.69, 9.17) is 17.0 Å². The molecule has 2 rings (SSSR count). The molecule has 1 atom stereocenters. The zero-order valence-electron chi connectivity index (χ0n) is 15.0. The first-order valence-corrected chi connectivity index (χ1v) is 8.67. The van der Waals surface area contributed by atoms with Crippen LogP contribution in [0, 0.1) is 13.8 Å². The van der Waals surface area contributed by atoms with Crippen LogP contribution in [0.5, 0.6) is 5.75 Å². The summed E-state index contributed by atoms with van der Waals surface area (Å²) in [7, 11) is 0. The van der Waals surface area contributed by atoms with Crippen molar-refractivity contribution in [3.05, 3.63) is 59.2 Å². The lowest BCUT2D eigenvalue weighted by atomic mass is 10.0. The van der Waals surface area contributed by atoms with E-state index in [1.54, 1.807) is 0 Å². The van der Waals surface area contributed by atoms with Crippen molar-refractivity contribution < 1.29 is 4.74 Å². The lowest BCUT2D eigenvalue weighted by Gasteiger charge is -2.19. The van der Waals surface area contributed by atoms with Crippen LogP contribution in [0.15, 0.2) is 42.5 Å². The summed E-state index contributed by atoms with van der Waals surface area (Å²) >= 11 is 5.44. The number of thiocarbonyl (C=S) groups is 1. The van der Waals surface area contributed by atoms with Gasteiger partial charge in [0.2, 0.25) is 0 Å². The van der Waals surface area contributed by atoms with E-state index in [-0.39, 0.29) is 12.1 Å². The number of hydrogen-bond acceptors (Lipinski definition) is 2. The fraction of sp³-hybridized carbons (Fsp3) is 0.350. The Labute approximate surface area is 150 Å². The van der Waals surface area contributed by atoms with Gasteiger partial charge in [0.1, 0.15) is 5.75 Å². The summed E-state index contributed by atoms with van der Waals surface area (Å²) in [5.74, 6) is 0.833. The van der Waals surface area contributed by atoms with E-state index in [0.29, 0.717) is 5.11 Å². The largest absolute Gasteiger partial charge is 0.491 e. The van der Waals surface area contributed by atoms with Gasteiger partial charge >= 0.3 is 0 Å². The molecule has 0 saturated carbocycles. The van der Waals surface area contributed by atoms with Crippen LogP contribution >= 0.6 is 12.2 Å². The van der Waals surface area contributed by atoms with E-state index >= 15 is 0 Å². The topological polar surface area (TPSA) is 33.3 Å². The molecule has 2 aromatic carbocycles. The van der Waals surface area contributed by atoms with Gasteiger partial charge in [-0.05, 0) is 75.7 Å². The summed E-state index contributed by atoms with van der Waals surface area (Å²) in [6.07, 6.45) is 0.148. The van der Waals surface area contributed by atoms with Crippen LogP contribution in [0.2, 0.25) is 0 Å². The Morgan fingerprint density at radius 1 is 1.00 bits per heavy atom. The first kappa shape index (κ1) is 18.3. The van der Waals surface area contributed by atoms with Gasteiger partial charge in [-0.15, -0.1) is 0 Å². The number of ether oxygens (including phenoxy) is 1.